The van der Waals surface area contributed by atoms with E-state index in [0.29, 0.717) is 17.5 Å². The van der Waals surface area contributed by atoms with E-state index in [2.05, 4.69) is 4.98 Å². The quantitative estimate of drug-likeness (QED) is 0.901. The van der Waals surface area contributed by atoms with E-state index in [1.54, 1.807) is 25.3 Å². The van der Waals surface area contributed by atoms with Crippen LogP contribution in [0.4, 0.5) is 4.39 Å². The third-order valence-electron chi connectivity index (χ3n) is 2.96. The molecule has 1 unspecified atom stereocenters. The molecule has 0 fully saturated rings. The van der Waals surface area contributed by atoms with Crippen LogP contribution in [-0.2, 0) is 6.42 Å². The number of hydrogen-bond acceptors (Lipinski definition) is 2. The minimum absolute atomic E-state index is 0.289. The van der Waals surface area contributed by atoms with Gasteiger partial charge in [-0.15, -0.1) is 0 Å². The van der Waals surface area contributed by atoms with Gasteiger partial charge in [0.1, 0.15) is 5.82 Å². The summed E-state index contributed by atoms with van der Waals surface area (Å²) in [5.41, 5.74) is 3.04. The summed E-state index contributed by atoms with van der Waals surface area (Å²) < 4.78 is 13.4. The summed E-state index contributed by atoms with van der Waals surface area (Å²) in [7, 11) is 0. The molecule has 18 heavy (non-hydrogen) atoms. The molecule has 1 aromatic carbocycles. The van der Waals surface area contributed by atoms with Gasteiger partial charge in [0.25, 0.3) is 0 Å². The van der Waals surface area contributed by atoms with Crippen molar-refractivity contribution in [3.05, 3.63) is 64.7 Å². The number of aromatic nitrogens is 1. The molecule has 0 saturated heterocycles. The Morgan fingerprint density at radius 2 is 2.00 bits per heavy atom. The number of pyridine rings is 1. The van der Waals surface area contributed by atoms with Crippen LogP contribution in [-0.4, -0.2) is 10.1 Å². The first-order valence-corrected chi connectivity index (χ1v) is 5.92. The first kappa shape index (κ1) is 12.7. The predicted molar refractivity (Wildman–Crippen MR) is 68.8 cm³/mol. The van der Waals surface area contributed by atoms with Crippen LogP contribution < -0.4 is 0 Å². The largest absolute Gasteiger partial charge is 0.388 e. The monoisotopic (exact) mass is 245 g/mol. The highest BCUT2D eigenvalue weighted by Gasteiger charge is 2.11. The average Bonchev–Trinajstić information content (AvgIpc) is 2.35. The van der Waals surface area contributed by atoms with E-state index in [0.717, 1.165) is 11.3 Å². The van der Waals surface area contributed by atoms with Gasteiger partial charge in [0.05, 0.1) is 6.10 Å². The lowest BCUT2D eigenvalue weighted by Crippen LogP contribution is -2.04. The number of aliphatic hydroxyl groups is 1. The van der Waals surface area contributed by atoms with Gasteiger partial charge in [-0.05, 0) is 42.7 Å². The second-order valence-electron chi connectivity index (χ2n) is 4.56. The van der Waals surface area contributed by atoms with Crippen LogP contribution in [0.25, 0.3) is 0 Å². The van der Waals surface area contributed by atoms with Crippen LogP contribution in [0, 0.1) is 19.7 Å². The van der Waals surface area contributed by atoms with Crippen molar-refractivity contribution in [3.63, 3.8) is 0 Å². The van der Waals surface area contributed by atoms with Crippen molar-refractivity contribution in [3.8, 4) is 0 Å². The number of hydrogen-bond donors (Lipinski definition) is 1. The van der Waals surface area contributed by atoms with E-state index in [-0.39, 0.29) is 5.82 Å². The van der Waals surface area contributed by atoms with Crippen molar-refractivity contribution in [2.45, 2.75) is 26.4 Å². The van der Waals surface area contributed by atoms with E-state index in [1.807, 2.05) is 19.1 Å². The van der Waals surface area contributed by atoms with Crippen LogP contribution in [0.2, 0.25) is 0 Å². The molecular formula is C15H16FNO. The van der Waals surface area contributed by atoms with Gasteiger partial charge in [0.15, 0.2) is 0 Å². The van der Waals surface area contributed by atoms with E-state index in [4.69, 9.17) is 0 Å². The van der Waals surface area contributed by atoms with Gasteiger partial charge in [-0.1, -0.05) is 18.2 Å². The van der Waals surface area contributed by atoms with Crippen molar-refractivity contribution in [1.29, 1.82) is 0 Å². The molecule has 0 aliphatic heterocycles. The van der Waals surface area contributed by atoms with Gasteiger partial charge < -0.3 is 5.11 Å². The molecule has 1 N–H and O–H groups in total. The lowest BCUT2D eigenvalue weighted by Gasteiger charge is -2.11. The molecule has 0 aliphatic rings. The summed E-state index contributed by atoms with van der Waals surface area (Å²) in [4.78, 5) is 4.23. The van der Waals surface area contributed by atoms with Gasteiger partial charge in [-0.25, -0.2) is 4.39 Å². The highest BCUT2D eigenvalue weighted by Crippen LogP contribution is 2.19. The van der Waals surface area contributed by atoms with Crippen molar-refractivity contribution in [2.24, 2.45) is 0 Å². The Kier molecular flexibility index (Phi) is 3.72. The maximum absolute atomic E-state index is 13.4. The van der Waals surface area contributed by atoms with Crippen LogP contribution >= 0.6 is 0 Å². The molecule has 1 heterocycles. The number of nitrogens with zero attached hydrogens (tertiary/aromatic N) is 1. The zero-order valence-electron chi connectivity index (χ0n) is 10.5. The van der Waals surface area contributed by atoms with Gasteiger partial charge in [-0.2, -0.15) is 0 Å². The number of benzene rings is 1. The maximum atomic E-state index is 13.4. The Hall–Kier alpha value is -1.74. The molecule has 2 nitrogen and oxygen atoms in total. The van der Waals surface area contributed by atoms with Gasteiger partial charge in [-0.3, -0.25) is 4.98 Å². The predicted octanol–water partition coefficient (Wildman–Crippen LogP) is 3.11. The third-order valence-corrected chi connectivity index (χ3v) is 2.96. The van der Waals surface area contributed by atoms with Gasteiger partial charge >= 0.3 is 0 Å². The van der Waals surface area contributed by atoms with Crippen molar-refractivity contribution in [2.75, 3.05) is 0 Å². The van der Waals surface area contributed by atoms with E-state index >= 15 is 0 Å². The summed E-state index contributed by atoms with van der Waals surface area (Å²) in [6.07, 6.45) is 1.43. The molecule has 1 atom stereocenters. The van der Waals surface area contributed by atoms with Crippen molar-refractivity contribution >= 4 is 0 Å². The van der Waals surface area contributed by atoms with Crippen LogP contribution in [0.1, 0.15) is 28.5 Å². The van der Waals surface area contributed by atoms with Crippen LogP contribution in [0.5, 0.6) is 0 Å². The lowest BCUT2D eigenvalue weighted by atomic mass is 10.0. The van der Waals surface area contributed by atoms with E-state index in [9.17, 15) is 9.50 Å². The molecule has 0 aliphatic carbocycles. The van der Waals surface area contributed by atoms with Gasteiger partial charge in [0, 0.05) is 18.3 Å². The Balaban J connectivity index is 2.13. The molecule has 0 saturated carbocycles. The molecule has 0 radical (unpaired) electrons. The zero-order chi connectivity index (χ0) is 13.1. The van der Waals surface area contributed by atoms with Crippen LogP contribution in [0.3, 0.4) is 0 Å². The summed E-state index contributed by atoms with van der Waals surface area (Å²) in [5, 5.41) is 10.1. The minimum Gasteiger partial charge on any atom is -0.388 e. The highest BCUT2D eigenvalue weighted by atomic mass is 19.1. The van der Waals surface area contributed by atoms with E-state index in [1.165, 1.54) is 6.07 Å². The number of aryl methyl sites for hydroxylation is 2. The van der Waals surface area contributed by atoms with Gasteiger partial charge in [0.2, 0.25) is 0 Å². The summed E-state index contributed by atoms with van der Waals surface area (Å²) in [6.45, 7) is 3.66. The van der Waals surface area contributed by atoms with E-state index < -0.39 is 6.10 Å². The smallest absolute Gasteiger partial charge is 0.126 e. The zero-order valence-corrected chi connectivity index (χ0v) is 10.5. The first-order chi connectivity index (χ1) is 8.56. The summed E-state index contributed by atoms with van der Waals surface area (Å²) >= 11 is 0. The summed E-state index contributed by atoms with van der Waals surface area (Å²) in [5.74, 6) is -0.289. The fraction of sp³-hybridized carbons (Fsp3) is 0.267. The normalized spacial score (nSPS) is 12.4. The Labute approximate surface area is 106 Å². The molecule has 94 valence electrons. The first-order valence-electron chi connectivity index (χ1n) is 5.92. The van der Waals surface area contributed by atoms with Crippen LogP contribution in [0.15, 0.2) is 36.5 Å². The topological polar surface area (TPSA) is 33.1 Å². The molecule has 1 aromatic heterocycles. The van der Waals surface area contributed by atoms with Crippen molar-refractivity contribution < 1.29 is 9.50 Å². The maximum Gasteiger partial charge on any atom is 0.126 e. The number of halogens is 1. The molecule has 2 aromatic rings. The minimum atomic E-state index is -0.727. The molecule has 0 amide bonds. The lowest BCUT2D eigenvalue weighted by molar-refractivity contribution is 0.176. The SMILES string of the molecule is Cc1ccc(CC(O)c2ccc(C)c(F)c2)nc1. The second kappa shape index (κ2) is 5.27. The second-order valence-corrected chi connectivity index (χ2v) is 4.56. The fourth-order valence-corrected chi connectivity index (χ4v) is 1.75. The molecular weight excluding hydrogens is 229 g/mol. The Bertz CT molecular complexity index is 537. The summed E-state index contributed by atoms with van der Waals surface area (Å²) in [6, 6.07) is 8.63. The Morgan fingerprint density at radius 1 is 1.22 bits per heavy atom. The number of rotatable bonds is 3. The third kappa shape index (κ3) is 2.93. The standard InChI is InChI=1S/C15H16FNO/c1-10-3-6-13(17-9-10)8-15(18)12-5-4-11(2)14(16)7-12/h3-7,9,15,18H,8H2,1-2H3. The van der Waals surface area contributed by atoms with Crippen molar-refractivity contribution in [1.82, 2.24) is 4.98 Å². The molecule has 3 heteroatoms. The Morgan fingerprint density at radius 3 is 2.61 bits per heavy atom. The molecule has 2 rings (SSSR count). The molecule has 0 bridgehead atoms. The molecule has 0 spiro atoms. The number of aliphatic hydroxyl groups excluding tert-OH is 1. The fourth-order valence-electron chi connectivity index (χ4n) is 1.75. The average molecular weight is 245 g/mol. The highest BCUT2D eigenvalue weighted by molar-refractivity contribution is 5.26.